The Bertz CT molecular complexity index is 287. The largest absolute Gasteiger partial charge is 0.448 e. The summed E-state index contributed by atoms with van der Waals surface area (Å²) in [6.45, 7) is 2.70. The molecule has 0 unspecified atom stereocenters. The van der Waals surface area contributed by atoms with E-state index in [0.717, 1.165) is 10.8 Å². The van der Waals surface area contributed by atoms with E-state index < -0.39 is 6.09 Å². The molecule has 1 aromatic heterocycles. The molecule has 0 aliphatic heterocycles. The first-order chi connectivity index (χ1) is 6.18. The zero-order valence-electron chi connectivity index (χ0n) is 7.24. The van der Waals surface area contributed by atoms with Crippen LogP contribution < -0.4 is 11.1 Å². The molecule has 0 bridgehead atoms. The van der Waals surface area contributed by atoms with Crippen molar-refractivity contribution >= 4 is 22.6 Å². The summed E-state index contributed by atoms with van der Waals surface area (Å²) in [5, 5.41) is 5.76. The van der Waals surface area contributed by atoms with Crippen LogP contribution in [-0.4, -0.2) is 24.2 Å². The molecule has 1 heterocycles. The average molecular weight is 201 g/mol. The molecule has 5 nitrogen and oxygen atoms in total. The van der Waals surface area contributed by atoms with Gasteiger partial charge in [0.15, 0.2) is 5.13 Å². The number of aryl methyl sites for hydroxylation is 1. The van der Waals surface area contributed by atoms with Gasteiger partial charge >= 0.3 is 6.09 Å². The van der Waals surface area contributed by atoms with Crippen LogP contribution in [0.3, 0.4) is 0 Å². The highest BCUT2D eigenvalue weighted by Crippen LogP contribution is 2.13. The van der Waals surface area contributed by atoms with Crippen molar-refractivity contribution in [3.05, 3.63) is 11.1 Å². The van der Waals surface area contributed by atoms with Crippen molar-refractivity contribution in [2.24, 2.45) is 5.73 Å². The second kappa shape index (κ2) is 4.66. The molecule has 0 aromatic carbocycles. The molecule has 1 rings (SSSR count). The molecule has 0 spiro atoms. The fraction of sp³-hybridized carbons (Fsp3) is 0.429. The topological polar surface area (TPSA) is 77.2 Å². The van der Waals surface area contributed by atoms with E-state index in [4.69, 9.17) is 5.73 Å². The second-order valence-corrected chi connectivity index (χ2v) is 3.25. The maximum absolute atomic E-state index is 10.2. The number of nitrogens with zero attached hydrogens (tertiary/aromatic N) is 1. The number of rotatable bonds is 4. The summed E-state index contributed by atoms with van der Waals surface area (Å²) in [5.74, 6) is 0. The van der Waals surface area contributed by atoms with Gasteiger partial charge in [0.1, 0.15) is 6.61 Å². The zero-order valence-corrected chi connectivity index (χ0v) is 8.06. The highest BCUT2D eigenvalue weighted by molar-refractivity contribution is 7.13. The van der Waals surface area contributed by atoms with Gasteiger partial charge in [-0.1, -0.05) is 0 Å². The minimum atomic E-state index is -0.753. The maximum Gasteiger partial charge on any atom is 0.404 e. The third-order valence-electron chi connectivity index (χ3n) is 1.24. The lowest BCUT2D eigenvalue weighted by Gasteiger charge is -2.01. The number of primary amides is 1. The third-order valence-corrected chi connectivity index (χ3v) is 2.16. The number of amides is 1. The Morgan fingerprint density at radius 3 is 3.15 bits per heavy atom. The van der Waals surface area contributed by atoms with Crippen molar-refractivity contribution in [1.82, 2.24) is 4.98 Å². The summed E-state index contributed by atoms with van der Waals surface area (Å²) in [6.07, 6.45) is -0.753. The Kier molecular flexibility index (Phi) is 3.51. The highest BCUT2D eigenvalue weighted by Gasteiger charge is 1.97. The number of thiazole rings is 1. The van der Waals surface area contributed by atoms with Crippen LogP contribution in [0.1, 0.15) is 5.69 Å². The molecule has 72 valence electrons. The smallest absolute Gasteiger partial charge is 0.404 e. The van der Waals surface area contributed by atoms with Crippen molar-refractivity contribution in [1.29, 1.82) is 0 Å². The lowest BCUT2D eigenvalue weighted by molar-refractivity contribution is 0.161. The number of nitrogens with two attached hydrogens (primary N) is 1. The van der Waals surface area contributed by atoms with Gasteiger partial charge in [0, 0.05) is 5.38 Å². The first-order valence-corrected chi connectivity index (χ1v) is 4.64. The Hall–Kier alpha value is -1.30. The first kappa shape index (κ1) is 9.79. The van der Waals surface area contributed by atoms with Crippen LogP contribution in [0.2, 0.25) is 0 Å². The van der Waals surface area contributed by atoms with E-state index in [9.17, 15) is 4.79 Å². The van der Waals surface area contributed by atoms with Gasteiger partial charge in [0.2, 0.25) is 0 Å². The second-order valence-electron chi connectivity index (χ2n) is 2.39. The Balaban J connectivity index is 2.16. The minimum absolute atomic E-state index is 0.258. The standard InChI is InChI=1S/C7H11N3O2S/c1-5-4-13-7(10-5)9-2-3-12-6(8)11/h4H,2-3H2,1H3,(H2,8,11)(H,9,10). The molecule has 6 heteroatoms. The number of carbonyl (C=O) groups excluding carboxylic acids is 1. The molecule has 3 N–H and O–H groups in total. The maximum atomic E-state index is 10.2. The normalized spacial score (nSPS) is 9.62. The number of anilines is 1. The lowest BCUT2D eigenvalue weighted by Crippen LogP contribution is -2.18. The number of hydrogen-bond acceptors (Lipinski definition) is 5. The molecule has 1 aromatic rings. The highest BCUT2D eigenvalue weighted by atomic mass is 32.1. The Morgan fingerprint density at radius 2 is 2.62 bits per heavy atom. The van der Waals surface area contributed by atoms with E-state index >= 15 is 0 Å². The van der Waals surface area contributed by atoms with Crippen LogP contribution in [0.4, 0.5) is 9.93 Å². The van der Waals surface area contributed by atoms with Crippen molar-refractivity contribution in [3.8, 4) is 0 Å². The quantitative estimate of drug-likeness (QED) is 0.711. The summed E-state index contributed by atoms with van der Waals surface area (Å²) in [5.41, 5.74) is 5.75. The first-order valence-electron chi connectivity index (χ1n) is 3.76. The molecule has 0 saturated carbocycles. The van der Waals surface area contributed by atoms with Crippen LogP contribution >= 0.6 is 11.3 Å². The van der Waals surface area contributed by atoms with Gasteiger partial charge in [-0.3, -0.25) is 0 Å². The number of ether oxygens (including phenoxy) is 1. The SMILES string of the molecule is Cc1csc(NCCOC(N)=O)n1. The number of hydrogen-bond donors (Lipinski definition) is 2. The van der Waals surface area contributed by atoms with E-state index in [-0.39, 0.29) is 6.61 Å². The molecule has 13 heavy (non-hydrogen) atoms. The van der Waals surface area contributed by atoms with Crippen molar-refractivity contribution in [2.45, 2.75) is 6.92 Å². The van der Waals surface area contributed by atoms with Gasteiger partial charge in [0.05, 0.1) is 12.2 Å². The molecular formula is C7H11N3O2S. The Labute approximate surface area is 79.9 Å². The van der Waals surface area contributed by atoms with E-state index in [0.29, 0.717) is 6.54 Å². The van der Waals surface area contributed by atoms with Crippen molar-refractivity contribution < 1.29 is 9.53 Å². The van der Waals surface area contributed by atoms with Gasteiger partial charge in [-0.2, -0.15) is 0 Å². The fourth-order valence-electron chi connectivity index (χ4n) is 0.745. The molecule has 0 saturated heterocycles. The van der Waals surface area contributed by atoms with Crippen LogP contribution in [-0.2, 0) is 4.74 Å². The van der Waals surface area contributed by atoms with Crippen molar-refractivity contribution in [2.75, 3.05) is 18.5 Å². The molecule has 0 aliphatic carbocycles. The number of carbonyl (C=O) groups is 1. The van der Waals surface area contributed by atoms with Crippen LogP contribution in [0.5, 0.6) is 0 Å². The minimum Gasteiger partial charge on any atom is -0.448 e. The number of aromatic nitrogens is 1. The van der Waals surface area contributed by atoms with E-state index in [2.05, 4.69) is 15.0 Å². The zero-order chi connectivity index (χ0) is 9.68. The van der Waals surface area contributed by atoms with Crippen molar-refractivity contribution in [3.63, 3.8) is 0 Å². The molecule has 1 amide bonds. The van der Waals surface area contributed by atoms with E-state index in [1.807, 2.05) is 12.3 Å². The Morgan fingerprint density at radius 1 is 1.85 bits per heavy atom. The molecular weight excluding hydrogens is 190 g/mol. The lowest BCUT2D eigenvalue weighted by atomic mass is 10.6. The summed E-state index contributed by atoms with van der Waals surface area (Å²) < 4.78 is 4.52. The van der Waals surface area contributed by atoms with Crippen LogP contribution in [0, 0.1) is 6.92 Å². The number of nitrogens with one attached hydrogen (secondary N) is 1. The van der Waals surface area contributed by atoms with Crippen LogP contribution in [0.15, 0.2) is 5.38 Å². The average Bonchev–Trinajstić information content (AvgIpc) is 2.45. The van der Waals surface area contributed by atoms with Crippen LogP contribution in [0.25, 0.3) is 0 Å². The summed E-state index contributed by atoms with van der Waals surface area (Å²) in [7, 11) is 0. The van der Waals surface area contributed by atoms with Gasteiger partial charge in [-0.15, -0.1) is 11.3 Å². The molecule has 0 aliphatic rings. The third kappa shape index (κ3) is 3.75. The molecule has 0 atom stereocenters. The predicted molar refractivity (Wildman–Crippen MR) is 50.9 cm³/mol. The van der Waals surface area contributed by atoms with Gasteiger partial charge in [0.25, 0.3) is 0 Å². The molecule has 0 fully saturated rings. The summed E-state index contributed by atoms with van der Waals surface area (Å²) >= 11 is 1.51. The van der Waals surface area contributed by atoms with Gasteiger partial charge in [-0.05, 0) is 6.92 Å². The predicted octanol–water partition coefficient (Wildman–Crippen LogP) is 0.959. The van der Waals surface area contributed by atoms with E-state index in [1.54, 1.807) is 0 Å². The van der Waals surface area contributed by atoms with Gasteiger partial charge in [-0.25, -0.2) is 9.78 Å². The summed E-state index contributed by atoms with van der Waals surface area (Å²) in [6, 6.07) is 0. The monoisotopic (exact) mass is 201 g/mol. The van der Waals surface area contributed by atoms with Gasteiger partial charge < -0.3 is 15.8 Å². The fourth-order valence-corrected chi connectivity index (χ4v) is 1.46. The van der Waals surface area contributed by atoms with E-state index in [1.165, 1.54) is 11.3 Å². The molecule has 0 radical (unpaired) electrons. The summed E-state index contributed by atoms with van der Waals surface area (Å²) in [4.78, 5) is 14.3.